The molecule has 0 spiro atoms. The normalized spacial score (nSPS) is 13.7. The van der Waals surface area contributed by atoms with Gasteiger partial charge in [0.1, 0.15) is 5.82 Å². The molecule has 0 atom stereocenters. The van der Waals surface area contributed by atoms with Crippen molar-refractivity contribution in [2.24, 2.45) is 0 Å². The van der Waals surface area contributed by atoms with Crippen LogP contribution in [-0.4, -0.2) is 18.4 Å². The smallest absolute Gasteiger partial charge is 0.339 e. The summed E-state index contributed by atoms with van der Waals surface area (Å²) in [5.74, 6) is -0.638. The molecular formula is C18H16FIO3S. The summed E-state index contributed by atoms with van der Waals surface area (Å²) in [6.07, 6.45) is 2.24. The van der Waals surface area contributed by atoms with E-state index in [2.05, 4.69) is 22.6 Å². The third-order valence-corrected chi connectivity index (χ3v) is 5.95. The first-order valence-corrected chi connectivity index (χ1v) is 9.69. The zero-order valence-electron chi connectivity index (χ0n) is 13.2. The Bertz CT molecular complexity index is 813. The Morgan fingerprint density at radius 2 is 2.17 bits per heavy atom. The summed E-state index contributed by atoms with van der Waals surface area (Å²) in [5.41, 5.74) is 1.78. The molecule has 24 heavy (non-hydrogen) atoms. The second-order valence-corrected chi connectivity index (χ2v) is 7.97. The lowest BCUT2D eigenvalue weighted by molar-refractivity contribution is 0.0524. The van der Waals surface area contributed by atoms with Crippen LogP contribution in [0.2, 0.25) is 0 Å². The van der Waals surface area contributed by atoms with Crippen molar-refractivity contribution in [3.05, 3.63) is 54.0 Å². The van der Waals surface area contributed by atoms with E-state index in [0.29, 0.717) is 40.1 Å². The van der Waals surface area contributed by atoms with Gasteiger partial charge in [0.2, 0.25) is 0 Å². The highest BCUT2D eigenvalue weighted by atomic mass is 127. The number of halogens is 2. The lowest BCUT2D eigenvalue weighted by atomic mass is 9.93. The summed E-state index contributed by atoms with van der Waals surface area (Å²) in [6.45, 7) is 2.02. The number of fused-ring (bicyclic) bond motifs is 1. The second-order valence-electron chi connectivity index (χ2n) is 5.62. The average molecular weight is 458 g/mol. The molecule has 0 fully saturated rings. The first-order chi connectivity index (χ1) is 11.5. The van der Waals surface area contributed by atoms with Crippen LogP contribution in [0, 0.1) is 9.39 Å². The van der Waals surface area contributed by atoms with Crippen molar-refractivity contribution in [2.75, 3.05) is 6.61 Å². The lowest BCUT2D eigenvalue weighted by Crippen LogP contribution is -2.13. The van der Waals surface area contributed by atoms with Crippen molar-refractivity contribution in [1.82, 2.24) is 0 Å². The number of esters is 1. The molecule has 0 unspecified atom stereocenters. The Balaban J connectivity index is 2.06. The number of carbonyl (C=O) groups excluding carboxylic acids is 2. The number of Topliss-reactive ketones (excluding diaryl/α,β-unsaturated/α-hetero) is 1. The second kappa shape index (κ2) is 7.31. The maximum absolute atomic E-state index is 14.2. The number of rotatable bonds is 4. The number of benzene rings is 1. The molecule has 0 N–H and O–H groups in total. The molecule has 3 nitrogen and oxygen atoms in total. The monoisotopic (exact) mass is 458 g/mol. The van der Waals surface area contributed by atoms with E-state index in [1.54, 1.807) is 13.0 Å². The maximum atomic E-state index is 14.2. The quantitative estimate of drug-likeness (QED) is 0.490. The largest absolute Gasteiger partial charge is 0.462 e. The Morgan fingerprint density at radius 1 is 1.38 bits per heavy atom. The Hall–Kier alpha value is -1.28. The molecule has 0 radical (unpaired) electrons. The van der Waals surface area contributed by atoms with E-state index in [4.69, 9.17) is 4.74 Å². The summed E-state index contributed by atoms with van der Waals surface area (Å²) in [7, 11) is 0. The molecule has 0 saturated heterocycles. The van der Waals surface area contributed by atoms with Gasteiger partial charge < -0.3 is 4.74 Å². The minimum atomic E-state index is -0.411. The van der Waals surface area contributed by atoms with Gasteiger partial charge in [-0.05, 0) is 65.6 Å². The molecule has 0 aliphatic heterocycles. The number of ether oxygens (including phenoxy) is 1. The van der Waals surface area contributed by atoms with Gasteiger partial charge in [0.25, 0.3) is 0 Å². The van der Waals surface area contributed by atoms with Crippen LogP contribution in [0.15, 0.2) is 18.2 Å². The third kappa shape index (κ3) is 3.39. The standard InChI is InChI=1S/C18H16FIO3S/c1-2-23-18(22)16-12-4-3-5-14(21)17(12)24-15(16)8-10-6-7-11(20)9-13(10)19/h6-7,9H,2-5,8H2,1H3. The summed E-state index contributed by atoms with van der Waals surface area (Å²) in [4.78, 5) is 26.0. The van der Waals surface area contributed by atoms with Gasteiger partial charge in [-0.3, -0.25) is 4.79 Å². The van der Waals surface area contributed by atoms with Crippen LogP contribution < -0.4 is 0 Å². The van der Waals surface area contributed by atoms with Crippen molar-refractivity contribution in [2.45, 2.75) is 32.6 Å². The van der Waals surface area contributed by atoms with Crippen LogP contribution in [0.4, 0.5) is 4.39 Å². The molecule has 2 aromatic rings. The van der Waals surface area contributed by atoms with E-state index in [9.17, 15) is 14.0 Å². The molecule has 126 valence electrons. The number of hydrogen-bond donors (Lipinski definition) is 0. The van der Waals surface area contributed by atoms with E-state index in [1.807, 2.05) is 6.07 Å². The molecule has 0 amide bonds. The van der Waals surface area contributed by atoms with Gasteiger partial charge in [0.15, 0.2) is 5.78 Å². The molecule has 3 rings (SSSR count). The van der Waals surface area contributed by atoms with Gasteiger partial charge in [-0.15, -0.1) is 11.3 Å². The number of thiophene rings is 1. The maximum Gasteiger partial charge on any atom is 0.339 e. The Labute approximate surface area is 157 Å². The van der Waals surface area contributed by atoms with Crippen molar-refractivity contribution in [3.63, 3.8) is 0 Å². The van der Waals surface area contributed by atoms with Crippen LogP contribution in [0.5, 0.6) is 0 Å². The molecule has 1 aliphatic rings. The molecule has 1 heterocycles. The fourth-order valence-corrected chi connectivity index (χ4v) is 4.70. The van der Waals surface area contributed by atoms with Crippen molar-refractivity contribution >= 4 is 45.7 Å². The summed E-state index contributed by atoms with van der Waals surface area (Å²) in [5, 5.41) is 0. The van der Waals surface area contributed by atoms with Crippen LogP contribution in [0.1, 0.15) is 55.8 Å². The van der Waals surface area contributed by atoms with Crippen molar-refractivity contribution < 1.29 is 18.7 Å². The van der Waals surface area contributed by atoms with Gasteiger partial charge in [-0.1, -0.05) is 6.07 Å². The number of hydrogen-bond acceptors (Lipinski definition) is 4. The van der Waals surface area contributed by atoms with Crippen LogP contribution in [0.3, 0.4) is 0 Å². The van der Waals surface area contributed by atoms with Gasteiger partial charge >= 0.3 is 5.97 Å². The highest BCUT2D eigenvalue weighted by Crippen LogP contribution is 2.36. The summed E-state index contributed by atoms with van der Waals surface area (Å²) >= 11 is 3.37. The zero-order valence-corrected chi connectivity index (χ0v) is 16.1. The van der Waals surface area contributed by atoms with E-state index < -0.39 is 5.97 Å². The third-order valence-electron chi connectivity index (χ3n) is 4.01. The van der Waals surface area contributed by atoms with Crippen LogP contribution in [0.25, 0.3) is 0 Å². The van der Waals surface area contributed by atoms with Crippen molar-refractivity contribution in [1.29, 1.82) is 0 Å². The Kier molecular flexibility index (Phi) is 5.34. The fraction of sp³-hybridized carbons (Fsp3) is 0.333. The summed E-state index contributed by atoms with van der Waals surface area (Å²) < 4.78 is 20.2. The van der Waals surface area contributed by atoms with E-state index >= 15 is 0 Å². The van der Waals surface area contributed by atoms with Crippen LogP contribution >= 0.6 is 33.9 Å². The van der Waals surface area contributed by atoms with Crippen LogP contribution in [-0.2, 0) is 17.6 Å². The van der Waals surface area contributed by atoms with Gasteiger partial charge in [-0.2, -0.15) is 0 Å². The number of carbonyl (C=O) groups is 2. The van der Waals surface area contributed by atoms with Crippen molar-refractivity contribution in [3.8, 4) is 0 Å². The lowest BCUT2D eigenvalue weighted by Gasteiger charge is -2.12. The minimum absolute atomic E-state index is 0.0705. The first kappa shape index (κ1) is 17.5. The molecule has 6 heteroatoms. The van der Waals surface area contributed by atoms with Gasteiger partial charge in [0.05, 0.1) is 17.0 Å². The molecule has 0 saturated carbocycles. The average Bonchev–Trinajstić information content (AvgIpc) is 2.90. The highest BCUT2D eigenvalue weighted by molar-refractivity contribution is 14.1. The molecule has 1 aliphatic carbocycles. The molecule has 1 aromatic heterocycles. The molecular weight excluding hydrogens is 442 g/mol. The SMILES string of the molecule is CCOC(=O)c1c(Cc2ccc(I)cc2F)sc2c1CCCC2=O. The minimum Gasteiger partial charge on any atom is -0.462 e. The zero-order chi connectivity index (χ0) is 17.3. The molecule has 1 aromatic carbocycles. The van der Waals surface area contributed by atoms with E-state index in [0.717, 1.165) is 15.6 Å². The highest BCUT2D eigenvalue weighted by Gasteiger charge is 2.30. The number of ketones is 1. The Morgan fingerprint density at radius 3 is 2.88 bits per heavy atom. The van der Waals surface area contributed by atoms with E-state index in [1.165, 1.54) is 17.4 Å². The molecule has 0 bridgehead atoms. The van der Waals surface area contributed by atoms with E-state index in [-0.39, 0.29) is 18.2 Å². The van der Waals surface area contributed by atoms with Gasteiger partial charge in [-0.25, -0.2) is 9.18 Å². The predicted molar refractivity (Wildman–Crippen MR) is 99.5 cm³/mol. The summed E-state index contributed by atoms with van der Waals surface area (Å²) in [6, 6.07) is 5.03. The fourth-order valence-electron chi connectivity index (χ4n) is 2.92. The first-order valence-electron chi connectivity index (χ1n) is 7.80. The predicted octanol–water partition coefficient (Wildman–Crippen LogP) is 4.78. The topological polar surface area (TPSA) is 43.4 Å². The van der Waals surface area contributed by atoms with Gasteiger partial charge in [0, 0.05) is 21.3 Å².